The van der Waals surface area contributed by atoms with Crippen molar-refractivity contribution in [2.75, 3.05) is 32.1 Å². The monoisotopic (exact) mass is 432 g/mol. The van der Waals surface area contributed by atoms with Crippen LogP contribution in [-0.4, -0.2) is 52.9 Å². The van der Waals surface area contributed by atoms with Crippen molar-refractivity contribution in [2.45, 2.75) is 54.6 Å². The molecular weight excluding hydrogens is 400 g/mol. The van der Waals surface area contributed by atoms with Crippen LogP contribution >= 0.6 is 23.5 Å². The van der Waals surface area contributed by atoms with E-state index in [4.69, 9.17) is 0 Å². The number of hydrogen-bond acceptors (Lipinski definition) is 5. The molecule has 0 spiro atoms. The first-order chi connectivity index (χ1) is 14.3. The van der Waals surface area contributed by atoms with Gasteiger partial charge in [0.15, 0.2) is 11.1 Å². The van der Waals surface area contributed by atoms with Crippen LogP contribution in [0.3, 0.4) is 0 Å². The fourth-order valence-corrected chi connectivity index (χ4v) is 5.04. The summed E-state index contributed by atoms with van der Waals surface area (Å²) in [7, 11) is 1.82. The Bertz CT molecular complexity index is 756. The molecule has 0 bridgehead atoms. The molecule has 29 heavy (non-hydrogen) atoms. The Balaban J connectivity index is 1.37. The first kappa shape index (κ1) is 22.0. The molecule has 1 aromatic heterocycles. The number of benzene rings is 1. The van der Waals surface area contributed by atoms with Crippen LogP contribution in [0.5, 0.6) is 0 Å². The number of aliphatic imine (C=N–C) groups is 1. The number of guanidine groups is 1. The number of hydrogen-bond donors (Lipinski definition) is 2. The summed E-state index contributed by atoms with van der Waals surface area (Å²) in [5, 5.41) is 16.7. The molecule has 1 fully saturated rings. The maximum absolute atomic E-state index is 4.47. The van der Waals surface area contributed by atoms with Gasteiger partial charge in [0.2, 0.25) is 0 Å². The maximum atomic E-state index is 4.47. The molecule has 0 atom stereocenters. The van der Waals surface area contributed by atoms with Gasteiger partial charge in [-0.15, -0.1) is 22.0 Å². The third kappa shape index (κ3) is 6.67. The molecule has 2 aromatic rings. The van der Waals surface area contributed by atoms with Crippen LogP contribution in [0.2, 0.25) is 0 Å². The largest absolute Gasteiger partial charge is 0.356 e. The lowest BCUT2D eigenvalue weighted by molar-refractivity contribution is 0.460. The second-order valence-electron chi connectivity index (χ2n) is 7.10. The normalized spacial score (nSPS) is 15.0. The van der Waals surface area contributed by atoms with Gasteiger partial charge in [-0.3, -0.25) is 4.99 Å². The van der Waals surface area contributed by atoms with Gasteiger partial charge < -0.3 is 15.2 Å². The quantitative estimate of drug-likeness (QED) is 0.256. The minimum absolute atomic E-state index is 0.590. The van der Waals surface area contributed by atoms with Gasteiger partial charge in [0.05, 0.1) is 0 Å². The molecule has 6 nitrogen and oxygen atoms in total. The third-order valence-electron chi connectivity index (χ3n) is 5.11. The Labute approximate surface area is 182 Å². The highest BCUT2D eigenvalue weighted by Gasteiger charge is 2.23. The van der Waals surface area contributed by atoms with E-state index >= 15 is 0 Å². The minimum atomic E-state index is 0.590. The van der Waals surface area contributed by atoms with Gasteiger partial charge in [0, 0.05) is 43.2 Å². The number of nitrogens with zero attached hydrogens (tertiary/aromatic N) is 4. The van der Waals surface area contributed by atoms with E-state index in [2.05, 4.69) is 60.9 Å². The summed E-state index contributed by atoms with van der Waals surface area (Å²) >= 11 is 3.55. The number of aryl methyl sites for hydroxylation is 1. The number of nitrogens with one attached hydrogen (secondary N) is 2. The highest BCUT2D eigenvalue weighted by molar-refractivity contribution is 7.99. The van der Waals surface area contributed by atoms with Crippen molar-refractivity contribution in [2.24, 2.45) is 4.99 Å². The molecule has 1 aromatic carbocycles. The molecule has 0 aliphatic heterocycles. The third-order valence-corrected chi connectivity index (χ3v) is 6.76. The predicted molar refractivity (Wildman–Crippen MR) is 124 cm³/mol. The molecule has 158 valence electrons. The van der Waals surface area contributed by atoms with Crippen molar-refractivity contribution >= 4 is 29.5 Å². The Hall–Kier alpha value is -1.67. The van der Waals surface area contributed by atoms with Gasteiger partial charge in [-0.2, -0.15) is 0 Å². The lowest BCUT2D eigenvalue weighted by atomic mass is 10.2. The van der Waals surface area contributed by atoms with E-state index in [9.17, 15) is 0 Å². The average molecular weight is 433 g/mol. The number of rotatable bonds is 10. The topological polar surface area (TPSA) is 67.1 Å². The summed E-state index contributed by atoms with van der Waals surface area (Å²) in [6.45, 7) is 1.75. The second-order valence-corrected chi connectivity index (χ2v) is 9.04. The van der Waals surface area contributed by atoms with Crippen molar-refractivity contribution in [3.05, 3.63) is 36.2 Å². The predicted octanol–water partition coefficient (Wildman–Crippen LogP) is 4.01. The van der Waals surface area contributed by atoms with Crippen molar-refractivity contribution < 1.29 is 0 Å². The van der Waals surface area contributed by atoms with E-state index in [1.807, 2.05) is 24.9 Å². The molecular formula is C21H32N6S2. The summed E-state index contributed by atoms with van der Waals surface area (Å²) in [5.41, 5.74) is 0. The summed E-state index contributed by atoms with van der Waals surface area (Å²) in [6.07, 6.45) is 9.20. The van der Waals surface area contributed by atoms with Gasteiger partial charge in [-0.1, -0.05) is 42.8 Å². The Kier molecular flexibility index (Phi) is 9.21. The molecule has 0 saturated heterocycles. The smallest absolute Gasteiger partial charge is 0.191 e. The standard InChI is InChI=1S/C21H32N6S2/c1-22-20(24-15-16-29-18-11-4-3-5-12-18)23-14-8-13-19-25-26-21(28-2)27(19)17-9-6-7-10-17/h3-5,11-12,17H,6-10,13-16H2,1-2H3,(H2,22,23,24). The molecule has 2 N–H and O–H groups in total. The molecule has 0 amide bonds. The van der Waals surface area contributed by atoms with Gasteiger partial charge in [-0.25, -0.2) is 0 Å². The average Bonchev–Trinajstić information content (AvgIpc) is 3.42. The molecule has 8 heteroatoms. The summed E-state index contributed by atoms with van der Waals surface area (Å²) in [5.74, 6) is 3.00. The second kappa shape index (κ2) is 12.1. The van der Waals surface area contributed by atoms with E-state index < -0.39 is 0 Å². The Morgan fingerprint density at radius 2 is 1.90 bits per heavy atom. The number of aromatic nitrogens is 3. The lowest BCUT2D eigenvalue weighted by Crippen LogP contribution is -2.39. The van der Waals surface area contributed by atoms with Crippen LogP contribution in [0.1, 0.15) is 44.0 Å². The zero-order valence-corrected chi connectivity index (χ0v) is 19.1. The highest BCUT2D eigenvalue weighted by Crippen LogP contribution is 2.33. The molecule has 1 aliphatic carbocycles. The van der Waals surface area contributed by atoms with Crippen molar-refractivity contribution in [1.82, 2.24) is 25.4 Å². The first-order valence-corrected chi connectivity index (χ1v) is 12.6. The van der Waals surface area contributed by atoms with Crippen LogP contribution in [0.25, 0.3) is 0 Å². The zero-order valence-electron chi connectivity index (χ0n) is 17.4. The van der Waals surface area contributed by atoms with Crippen molar-refractivity contribution in [3.63, 3.8) is 0 Å². The fraction of sp³-hybridized carbons (Fsp3) is 0.571. The first-order valence-electron chi connectivity index (χ1n) is 10.4. The van der Waals surface area contributed by atoms with Gasteiger partial charge in [0.1, 0.15) is 5.82 Å². The fourth-order valence-electron chi connectivity index (χ4n) is 3.68. The van der Waals surface area contributed by atoms with Crippen LogP contribution in [0, 0.1) is 0 Å². The summed E-state index contributed by atoms with van der Waals surface area (Å²) < 4.78 is 2.39. The van der Waals surface area contributed by atoms with E-state index in [-0.39, 0.29) is 0 Å². The Morgan fingerprint density at radius 1 is 1.14 bits per heavy atom. The Morgan fingerprint density at radius 3 is 2.62 bits per heavy atom. The van der Waals surface area contributed by atoms with Crippen LogP contribution in [-0.2, 0) is 6.42 Å². The number of thioether (sulfide) groups is 2. The summed E-state index contributed by atoms with van der Waals surface area (Å²) in [4.78, 5) is 5.62. The summed E-state index contributed by atoms with van der Waals surface area (Å²) in [6, 6.07) is 11.1. The van der Waals surface area contributed by atoms with Crippen molar-refractivity contribution in [1.29, 1.82) is 0 Å². The lowest BCUT2D eigenvalue weighted by Gasteiger charge is -2.16. The molecule has 0 radical (unpaired) electrons. The maximum Gasteiger partial charge on any atom is 0.191 e. The molecule has 1 saturated carbocycles. The van der Waals surface area contributed by atoms with E-state index in [1.165, 1.54) is 30.6 Å². The highest BCUT2D eigenvalue weighted by atomic mass is 32.2. The van der Waals surface area contributed by atoms with Gasteiger partial charge in [0.25, 0.3) is 0 Å². The van der Waals surface area contributed by atoms with Crippen LogP contribution in [0.15, 0.2) is 45.4 Å². The minimum Gasteiger partial charge on any atom is -0.356 e. The van der Waals surface area contributed by atoms with E-state index in [0.717, 1.165) is 48.6 Å². The van der Waals surface area contributed by atoms with E-state index in [0.29, 0.717) is 6.04 Å². The van der Waals surface area contributed by atoms with Crippen LogP contribution < -0.4 is 10.6 Å². The van der Waals surface area contributed by atoms with E-state index in [1.54, 1.807) is 11.8 Å². The van der Waals surface area contributed by atoms with Crippen LogP contribution in [0.4, 0.5) is 0 Å². The van der Waals surface area contributed by atoms with Crippen molar-refractivity contribution in [3.8, 4) is 0 Å². The molecule has 1 aliphatic rings. The molecule has 1 heterocycles. The zero-order chi connectivity index (χ0) is 20.3. The van der Waals surface area contributed by atoms with Gasteiger partial charge in [-0.05, 0) is 37.7 Å². The SMILES string of the molecule is CN=C(NCCCc1nnc(SC)n1C1CCCC1)NCCSc1ccccc1. The van der Waals surface area contributed by atoms with Gasteiger partial charge >= 0.3 is 0 Å². The molecule has 3 rings (SSSR count). The molecule has 0 unspecified atom stereocenters.